The monoisotopic (exact) mass is 415 g/mol. The molecule has 3 aromatic rings. The molecule has 0 saturated carbocycles. The third-order valence-corrected chi connectivity index (χ3v) is 5.18. The number of nitrogens with one attached hydrogen (secondary N) is 2. The van der Waals surface area contributed by atoms with Crippen LogP contribution in [0, 0.1) is 11.6 Å². The first-order valence-electron chi connectivity index (χ1n) is 9.67. The molecule has 0 aliphatic carbocycles. The van der Waals surface area contributed by atoms with Crippen LogP contribution in [-0.4, -0.2) is 32.5 Å². The number of hydrogen-bond acceptors (Lipinski definition) is 5. The molecule has 2 aromatic carbocycles. The summed E-state index contributed by atoms with van der Waals surface area (Å²) in [5.41, 5.74) is 5.78. The Hall–Kier alpha value is -2.88. The summed E-state index contributed by atoms with van der Waals surface area (Å²) in [5.74, 6) is -0.857. The third kappa shape index (κ3) is 3.91. The number of aromatic nitrogens is 3. The summed E-state index contributed by atoms with van der Waals surface area (Å²) in [4.78, 5) is 13.1. The van der Waals surface area contributed by atoms with Gasteiger partial charge in [-0.2, -0.15) is 4.68 Å². The SMILES string of the molecule is CC(C)(O)c1nn(-c2ccc(C3CNNC3)cc2)c(=O)n1Cc1cc(F)ccc1F. The van der Waals surface area contributed by atoms with Gasteiger partial charge in [-0.15, -0.1) is 5.10 Å². The van der Waals surface area contributed by atoms with Crippen LogP contribution in [0.3, 0.4) is 0 Å². The average Bonchev–Trinajstić information content (AvgIpc) is 3.34. The van der Waals surface area contributed by atoms with Gasteiger partial charge < -0.3 is 5.11 Å². The van der Waals surface area contributed by atoms with Crippen LogP contribution in [0.2, 0.25) is 0 Å². The first kappa shape index (κ1) is 20.4. The highest BCUT2D eigenvalue weighted by molar-refractivity contribution is 5.36. The van der Waals surface area contributed by atoms with E-state index in [4.69, 9.17) is 0 Å². The summed E-state index contributed by atoms with van der Waals surface area (Å²) < 4.78 is 30.1. The Labute approximate surface area is 171 Å². The number of halogens is 2. The molecular weight excluding hydrogens is 392 g/mol. The van der Waals surface area contributed by atoms with Gasteiger partial charge in [0.15, 0.2) is 5.82 Å². The van der Waals surface area contributed by atoms with Gasteiger partial charge in [0, 0.05) is 24.6 Å². The lowest BCUT2D eigenvalue weighted by Crippen LogP contribution is -2.29. The maximum atomic E-state index is 14.2. The van der Waals surface area contributed by atoms with E-state index in [1.54, 1.807) is 12.1 Å². The van der Waals surface area contributed by atoms with E-state index in [1.807, 2.05) is 12.1 Å². The van der Waals surface area contributed by atoms with E-state index in [1.165, 1.54) is 18.5 Å². The lowest BCUT2D eigenvalue weighted by atomic mass is 10.0. The van der Waals surface area contributed by atoms with Crippen LogP contribution < -0.4 is 16.5 Å². The van der Waals surface area contributed by atoms with Crippen molar-refractivity contribution in [2.45, 2.75) is 31.9 Å². The predicted molar refractivity (Wildman–Crippen MR) is 107 cm³/mol. The second-order valence-corrected chi connectivity index (χ2v) is 7.95. The quantitative estimate of drug-likeness (QED) is 0.592. The van der Waals surface area contributed by atoms with Crippen molar-refractivity contribution in [3.05, 3.63) is 81.5 Å². The Balaban J connectivity index is 1.74. The van der Waals surface area contributed by atoms with Gasteiger partial charge in [-0.25, -0.2) is 13.6 Å². The van der Waals surface area contributed by atoms with Gasteiger partial charge in [0.25, 0.3) is 0 Å². The van der Waals surface area contributed by atoms with Crippen LogP contribution in [0.15, 0.2) is 47.3 Å². The molecule has 1 aromatic heterocycles. The zero-order valence-corrected chi connectivity index (χ0v) is 16.7. The molecule has 3 N–H and O–H groups in total. The van der Waals surface area contributed by atoms with E-state index in [9.17, 15) is 18.7 Å². The number of benzene rings is 2. The van der Waals surface area contributed by atoms with E-state index in [2.05, 4.69) is 16.0 Å². The van der Waals surface area contributed by atoms with Crippen LogP contribution in [0.4, 0.5) is 8.78 Å². The highest BCUT2D eigenvalue weighted by atomic mass is 19.1. The van der Waals surface area contributed by atoms with Gasteiger partial charge in [-0.3, -0.25) is 15.4 Å². The molecule has 1 saturated heterocycles. The zero-order chi connectivity index (χ0) is 21.5. The normalized spacial score (nSPS) is 15.1. The second-order valence-electron chi connectivity index (χ2n) is 7.95. The Morgan fingerprint density at radius 2 is 1.80 bits per heavy atom. The minimum atomic E-state index is -1.46. The molecule has 0 atom stereocenters. The molecule has 30 heavy (non-hydrogen) atoms. The molecule has 2 heterocycles. The van der Waals surface area contributed by atoms with Crippen LogP contribution in [-0.2, 0) is 12.1 Å². The molecule has 7 nitrogen and oxygen atoms in total. The molecule has 0 spiro atoms. The van der Waals surface area contributed by atoms with Crippen molar-refractivity contribution in [1.82, 2.24) is 25.2 Å². The Morgan fingerprint density at radius 3 is 2.43 bits per heavy atom. The van der Waals surface area contributed by atoms with Crippen molar-refractivity contribution in [1.29, 1.82) is 0 Å². The Morgan fingerprint density at radius 1 is 1.13 bits per heavy atom. The molecular formula is C21H23F2N5O2. The second kappa shape index (κ2) is 7.75. The van der Waals surface area contributed by atoms with Gasteiger partial charge in [0.05, 0.1) is 12.2 Å². The van der Waals surface area contributed by atoms with Crippen molar-refractivity contribution in [2.75, 3.05) is 13.1 Å². The van der Waals surface area contributed by atoms with E-state index in [-0.39, 0.29) is 17.9 Å². The molecule has 1 aliphatic heterocycles. The van der Waals surface area contributed by atoms with Gasteiger partial charge in [-0.1, -0.05) is 12.1 Å². The zero-order valence-electron chi connectivity index (χ0n) is 16.7. The third-order valence-electron chi connectivity index (χ3n) is 5.18. The fourth-order valence-electron chi connectivity index (χ4n) is 3.58. The van der Waals surface area contributed by atoms with Crippen LogP contribution in [0.1, 0.15) is 36.7 Å². The molecule has 0 bridgehead atoms. The number of nitrogens with zero attached hydrogens (tertiary/aromatic N) is 3. The van der Waals surface area contributed by atoms with Crippen molar-refractivity contribution >= 4 is 0 Å². The molecule has 0 unspecified atom stereocenters. The topological polar surface area (TPSA) is 84.1 Å². The van der Waals surface area contributed by atoms with Crippen molar-refractivity contribution in [2.24, 2.45) is 0 Å². The lowest BCUT2D eigenvalue weighted by molar-refractivity contribution is 0.0643. The van der Waals surface area contributed by atoms with Crippen LogP contribution in [0.5, 0.6) is 0 Å². The molecule has 0 radical (unpaired) electrons. The molecule has 4 rings (SSSR count). The highest BCUT2D eigenvalue weighted by Gasteiger charge is 2.28. The van der Waals surface area contributed by atoms with Crippen LogP contribution >= 0.6 is 0 Å². The molecule has 158 valence electrons. The van der Waals surface area contributed by atoms with Gasteiger partial charge in [0.1, 0.15) is 17.2 Å². The maximum Gasteiger partial charge on any atom is 0.351 e. The predicted octanol–water partition coefficient (Wildman–Crippen LogP) is 1.78. The first-order chi connectivity index (χ1) is 14.2. The number of hydrazine groups is 1. The lowest BCUT2D eigenvalue weighted by Gasteiger charge is -2.17. The van der Waals surface area contributed by atoms with E-state index >= 15 is 0 Å². The van der Waals surface area contributed by atoms with Gasteiger partial charge >= 0.3 is 5.69 Å². The number of aliphatic hydroxyl groups is 1. The fraction of sp³-hybridized carbons (Fsp3) is 0.333. The number of hydrogen-bond donors (Lipinski definition) is 3. The van der Waals surface area contributed by atoms with Gasteiger partial charge in [-0.05, 0) is 49.7 Å². The van der Waals surface area contributed by atoms with E-state index in [0.29, 0.717) is 11.6 Å². The minimum absolute atomic E-state index is 0.00117. The summed E-state index contributed by atoms with van der Waals surface area (Å²) in [6, 6.07) is 10.5. The molecule has 0 amide bonds. The van der Waals surface area contributed by atoms with Crippen molar-refractivity contribution in [3.8, 4) is 5.69 Å². The smallest absolute Gasteiger partial charge is 0.351 e. The molecule has 9 heteroatoms. The summed E-state index contributed by atoms with van der Waals surface area (Å²) in [5, 5.41) is 14.8. The fourth-order valence-corrected chi connectivity index (χ4v) is 3.58. The largest absolute Gasteiger partial charge is 0.382 e. The summed E-state index contributed by atoms with van der Waals surface area (Å²) in [7, 11) is 0. The van der Waals surface area contributed by atoms with Crippen molar-refractivity contribution < 1.29 is 13.9 Å². The highest BCUT2D eigenvalue weighted by Crippen LogP contribution is 2.21. The first-order valence-corrected chi connectivity index (χ1v) is 9.67. The maximum absolute atomic E-state index is 14.2. The van der Waals surface area contributed by atoms with Crippen molar-refractivity contribution in [3.63, 3.8) is 0 Å². The van der Waals surface area contributed by atoms with Crippen LogP contribution in [0.25, 0.3) is 5.69 Å². The summed E-state index contributed by atoms with van der Waals surface area (Å²) in [6.07, 6.45) is 0. The average molecular weight is 415 g/mol. The van der Waals surface area contributed by atoms with Gasteiger partial charge in [0.2, 0.25) is 0 Å². The molecule has 1 aliphatic rings. The Bertz CT molecular complexity index is 1110. The molecule has 1 fully saturated rings. The standard InChI is InChI=1S/C21H23F2N5O2/c1-21(2,30)19-26-28(17-6-3-13(4-7-17)15-10-24-25-11-15)20(29)27(19)12-14-9-16(22)5-8-18(14)23/h3-9,15,24-25,30H,10-12H2,1-2H3. The minimum Gasteiger partial charge on any atom is -0.382 e. The number of rotatable bonds is 5. The Kier molecular flexibility index (Phi) is 5.27. The summed E-state index contributed by atoms with van der Waals surface area (Å²) >= 11 is 0. The van der Waals surface area contributed by atoms with E-state index < -0.39 is 22.9 Å². The summed E-state index contributed by atoms with van der Waals surface area (Å²) in [6.45, 7) is 4.35. The van der Waals surface area contributed by atoms with E-state index in [0.717, 1.165) is 41.4 Å².